The quantitative estimate of drug-likeness (QED) is 0.863. The Morgan fingerprint density at radius 2 is 1.75 bits per heavy atom. The molecule has 1 heterocycles. The molecule has 0 aliphatic rings. The second kappa shape index (κ2) is 6.37. The minimum absolute atomic E-state index is 0.671. The summed E-state index contributed by atoms with van der Waals surface area (Å²) in [7, 11) is 0. The summed E-state index contributed by atoms with van der Waals surface area (Å²) < 4.78 is 0. The Bertz CT molecular complexity index is 573. The maximum atomic E-state index is 4.53. The van der Waals surface area contributed by atoms with Gasteiger partial charge < -0.3 is 10.6 Å². The molecular weight excluding hydrogens is 248 g/mol. The molecule has 0 atom stereocenters. The van der Waals surface area contributed by atoms with E-state index in [1.807, 2.05) is 13.1 Å². The van der Waals surface area contributed by atoms with Crippen LogP contribution in [0.1, 0.15) is 30.0 Å². The van der Waals surface area contributed by atoms with Crippen molar-refractivity contribution >= 4 is 17.5 Å². The number of aromatic nitrogens is 2. The minimum atomic E-state index is 0.671. The fourth-order valence-corrected chi connectivity index (χ4v) is 2.07. The van der Waals surface area contributed by atoms with Gasteiger partial charge in [-0.1, -0.05) is 13.0 Å². The van der Waals surface area contributed by atoms with Crippen LogP contribution in [0, 0.1) is 20.8 Å². The number of nitrogens with zero attached hydrogens (tertiary/aromatic N) is 2. The molecule has 106 valence electrons. The van der Waals surface area contributed by atoms with Crippen LogP contribution in [-0.2, 0) is 0 Å². The van der Waals surface area contributed by atoms with E-state index in [0.29, 0.717) is 5.95 Å². The lowest BCUT2D eigenvalue weighted by atomic mass is 10.1. The van der Waals surface area contributed by atoms with E-state index in [0.717, 1.165) is 30.0 Å². The van der Waals surface area contributed by atoms with E-state index in [9.17, 15) is 0 Å². The molecule has 0 aliphatic heterocycles. The van der Waals surface area contributed by atoms with E-state index in [-0.39, 0.29) is 0 Å². The van der Waals surface area contributed by atoms with E-state index < -0.39 is 0 Å². The van der Waals surface area contributed by atoms with Crippen LogP contribution in [0.2, 0.25) is 0 Å². The van der Waals surface area contributed by atoms with Crippen molar-refractivity contribution < 1.29 is 0 Å². The predicted octanol–water partition coefficient (Wildman–Crippen LogP) is 3.97. The smallest absolute Gasteiger partial charge is 0.224 e. The largest absolute Gasteiger partial charge is 0.354 e. The number of rotatable bonds is 5. The van der Waals surface area contributed by atoms with Crippen molar-refractivity contribution in [2.75, 3.05) is 17.2 Å². The first kappa shape index (κ1) is 14.3. The summed E-state index contributed by atoms with van der Waals surface area (Å²) in [4.78, 5) is 8.82. The first-order chi connectivity index (χ1) is 9.58. The maximum absolute atomic E-state index is 4.53. The standard InChI is InChI=1S/C16H22N4/c1-5-6-17-16-18-10-13(4)15(20-16)19-14-8-11(2)7-12(3)9-14/h7-10H,5-6H2,1-4H3,(H2,17,18,19,20). The monoisotopic (exact) mass is 270 g/mol. The van der Waals surface area contributed by atoms with E-state index in [2.05, 4.69) is 59.6 Å². The molecule has 0 bridgehead atoms. The van der Waals surface area contributed by atoms with Gasteiger partial charge in [0.25, 0.3) is 0 Å². The molecule has 0 amide bonds. The van der Waals surface area contributed by atoms with Gasteiger partial charge in [0.05, 0.1) is 0 Å². The third kappa shape index (κ3) is 3.70. The van der Waals surface area contributed by atoms with Crippen LogP contribution >= 0.6 is 0 Å². The fourth-order valence-electron chi connectivity index (χ4n) is 2.07. The highest BCUT2D eigenvalue weighted by Gasteiger charge is 2.04. The molecule has 4 heteroatoms. The zero-order chi connectivity index (χ0) is 14.5. The summed E-state index contributed by atoms with van der Waals surface area (Å²) in [6.07, 6.45) is 2.90. The molecule has 0 saturated carbocycles. The Morgan fingerprint density at radius 1 is 1.05 bits per heavy atom. The van der Waals surface area contributed by atoms with Crippen LogP contribution in [-0.4, -0.2) is 16.5 Å². The number of aryl methyl sites for hydroxylation is 3. The third-order valence-electron chi connectivity index (χ3n) is 2.99. The lowest BCUT2D eigenvalue weighted by Crippen LogP contribution is -2.07. The highest BCUT2D eigenvalue weighted by Crippen LogP contribution is 2.21. The first-order valence-corrected chi connectivity index (χ1v) is 7.01. The van der Waals surface area contributed by atoms with Crippen molar-refractivity contribution in [1.82, 2.24) is 9.97 Å². The number of benzene rings is 1. The van der Waals surface area contributed by atoms with Gasteiger partial charge in [0.15, 0.2) is 0 Å². The molecule has 2 aromatic rings. The van der Waals surface area contributed by atoms with Crippen molar-refractivity contribution in [2.24, 2.45) is 0 Å². The Labute approximate surface area is 120 Å². The van der Waals surface area contributed by atoms with Crippen molar-refractivity contribution in [3.63, 3.8) is 0 Å². The molecule has 0 aliphatic carbocycles. The van der Waals surface area contributed by atoms with Gasteiger partial charge in [0.2, 0.25) is 5.95 Å². The topological polar surface area (TPSA) is 49.8 Å². The molecule has 2 N–H and O–H groups in total. The summed E-state index contributed by atoms with van der Waals surface area (Å²) in [5, 5.41) is 6.59. The molecule has 2 rings (SSSR count). The van der Waals surface area contributed by atoms with Gasteiger partial charge in [0.1, 0.15) is 5.82 Å². The van der Waals surface area contributed by atoms with Crippen LogP contribution < -0.4 is 10.6 Å². The van der Waals surface area contributed by atoms with Crippen molar-refractivity contribution in [1.29, 1.82) is 0 Å². The van der Waals surface area contributed by atoms with Gasteiger partial charge in [0, 0.05) is 24.0 Å². The van der Waals surface area contributed by atoms with Crippen molar-refractivity contribution in [3.8, 4) is 0 Å². The Balaban J connectivity index is 2.23. The van der Waals surface area contributed by atoms with Crippen LogP contribution in [0.5, 0.6) is 0 Å². The molecule has 0 unspecified atom stereocenters. The molecule has 0 radical (unpaired) electrons. The predicted molar refractivity (Wildman–Crippen MR) is 84.7 cm³/mol. The van der Waals surface area contributed by atoms with E-state index in [1.165, 1.54) is 11.1 Å². The summed E-state index contributed by atoms with van der Waals surface area (Å²) in [5.74, 6) is 1.52. The van der Waals surface area contributed by atoms with Crippen LogP contribution in [0.25, 0.3) is 0 Å². The molecule has 1 aromatic carbocycles. The SMILES string of the molecule is CCCNc1ncc(C)c(Nc2cc(C)cc(C)c2)n1. The van der Waals surface area contributed by atoms with Gasteiger partial charge in [-0.05, 0) is 50.5 Å². The molecule has 0 fully saturated rings. The van der Waals surface area contributed by atoms with Crippen LogP contribution in [0.4, 0.5) is 17.5 Å². The summed E-state index contributed by atoms with van der Waals surface area (Å²) in [6.45, 7) is 9.20. The van der Waals surface area contributed by atoms with Crippen LogP contribution in [0.3, 0.4) is 0 Å². The second-order valence-corrected chi connectivity index (χ2v) is 5.15. The minimum Gasteiger partial charge on any atom is -0.354 e. The fraction of sp³-hybridized carbons (Fsp3) is 0.375. The summed E-state index contributed by atoms with van der Waals surface area (Å²) >= 11 is 0. The zero-order valence-corrected chi connectivity index (χ0v) is 12.6. The Morgan fingerprint density at radius 3 is 2.40 bits per heavy atom. The first-order valence-electron chi connectivity index (χ1n) is 7.01. The molecule has 0 saturated heterocycles. The number of hydrogen-bond acceptors (Lipinski definition) is 4. The van der Waals surface area contributed by atoms with Gasteiger partial charge in [-0.2, -0.15) is 4.98 Å². The maximum Gasteiger partial charge on any atom is 0.224 e. The van der Waals surface area contributed by atoms with Gasteiger partial charge in [-0.15, -0.1) is 0 Å². The van der Waals surface area contributed by atoms with E-state index in [4.69, 9.17) is 0 Å². The summed E-state index contributed by atoms with van der Waals surface area (Å²) in [5.41, 5.74) is 4.57. The van der Waals surface area contributed by atoms with Gasteiger partial charge >= 0.3 is 0 Å². The van der Waals surface area contributed by atoms with Gasteiger partial charge in [-0.3, -0.25) is 0 Å². The number of anilines is 3. The third-order valence-corrected chi connectivity index (χ3v) is 2.99. The normalized spacial score (nSPS) is 10.4. The Hall–Kier alpha value is -2.10. The van der Waals surface area contributed by atoms with E-state index >= 15 is 0 Å². The average molecular weight is 270 g/mol. The average Bonchev–Trinajstić information content (AvgIpc) is 2.38. The number of nitrogens with one attached hydrogen (secondary N) is 2. The molecule has 1 aromatic heterocycles. The molecule has 0 spiro atoms. The molecule has 20 heavy (non-hydrogen) atoms. The van der Waals surface area contributed by atoms with Crippen LogP contribution in [0.15, 0.2) is 24.4 Å². The summed E-state index contributed by atoms with van der Waals surface area (Å²) in [6, 6.07) is 6.40. The lowest BCUT2D eigenvalue weighted by Gasteiger charge is -2.12. The van der Waals surface area contributed by atoms with Gasteiger partial charge in [-0.25, -0.2) is 4.98 Å². The lowest BCUT2D eigenvalue weighted by molar-refractivity contribution is 0.950. The van der Waals surface area contributed by atoms with E-state index in [1.54, 1.807) is 0 Å². The van der Waals surface area contributed by atoms with Crippen molar-refractivity contribution in [2.45, 2.75) is 34.1 Å². The van der Waals surface area contributed by atoms with Crippen molar-refractivity contribution in [3.05, 3.63) is 41.1 Å². The zero-order valence-electron chi connectivity index (χ0n) is 12.6. The number of hydrogen-bond donors (Lipinski definition) is 2. The molecule has 4 nitrogen and oxygen atoms in total. The second-order valence-electron chi connectivity index (χ2n) is 5.15. The highest BCUT2D eigenvalue weighted by molar-refractivity contribution is 5.61. The highest BCUT2D eigenvalue weighted by atomic mass is 15.1. The molecular formula is C16H22N4. The Kier molecular flexibility index (Phi) is 4.56.